The van der Waals surface area contributed by atoms with E-state index in [-0.39, 0.29) is 5.28 Å². The molecule has 0 aliphatic heterocycles. The van der Waals surface area contributed by atoms with Crippen molar-refractivity contribution in [1.29, 1.82) is 0 Å². The normalized spacial score (nSPS) is 12.2. The molecule has 2 aromatic rings. The summed E-state index contributed by atoms with van der Waals surface area (Å²) in [6.07, 6.45) is 0.828. The van der Waals surface area contributed by atoms with Crippen LogP contribution in [-0.2, 0) is 0 Å². The van der Waals surface area contributed by atoms with E-state index in [4.69, 9.17) is 23.2 Å². The molecule has 0 radical (unpaired) electrons. The minimum atomic E-state index is -0.593. The van der Waals surface area contributed by atoms with Gasteiger partial charge >= 0.3 is 0 Å². The number of aliphatic hydroxyl groups excluding tert-OH is 1. The molecule has 1 unspecified atom stereocenters. The van der Waals surface area contributed by atoms with Crippen molar-refractivity contribution in [3.05, 3.63) is 46.3 Å². The third kappa shape index (κ3) is 2.90. The van der Waals surface area contributed by atoms with Gasteiger partial charge in [-0.2, -0.15) is 4.98 Å². The largest absolute Gasteiger partial charge is 0.389 e. The Bertz CT molecular complexity index is 561. The molecule has 0 aliphatic rings. The SMILES string of the molecule is CC(O)c1ccccc1Nc1nc(Cl)ncc1Cl. The van der Waals surface area contributed by atoms with Crippen molar-refractivity contribution >= 4 is 34.7 Å². The Morgan fingerprint density at radius 3 is 2.72 bits per heavy atom. The molecule has 0 fully saturated rings. The zero-order valence-electron chi connectivity index (χ0n) is 9.56. The number of aromatic nitrogens is 2. The molecule has 94 valence electrons. The van der Waals surface area contributed by atoms with Crippen molar-refractivity contribution in [2.24, 2.45) is 0 Å². The van der Waals surface area contributed by atoms with Crippen LogP contribution in [0.4, 0.5) is 11.5 Å². The maximum atomic E-state index is 9.67. The van der Waals surface area contributed by atoms with Gasteiger partial charge in [0.25, 0.3) is 0 Å². The molecule has 0 saturated carbocycles. The van der Waals surface area contributed by atoms with Crippen molar-refractivity contribution in [2.75, 3.05) is 5.32 Å². The first kappa shape index (κ1) is 13.1. The second kappa shape index (κ2) is 5.52. The summed E-state index contributed by atoms with van der Waals surface area (Å²) in [4.78, 5) is 7.77. The topological polar surface area (TPSA) is 58.0 Å². The highest BCUT2D eigenvalue weighted by Gasteiger charge is 2.10. The molecule has 1 aromatic heterocycles. The maximum absolute atomic E-state index is 9.67. The lowest BCUT2D eigenvalue weighted by molar-refractivity contribution is 0.200. The quantitative estimate of drug-likeness (QED) is 0.846. The van der Waals surface area contributed by atoms with Gasteiger partial charge in [-0.15, -0.1) is 0 Å². The monoisotopic (exact) mass is 283 g/mol. The van der Waals surface area contributed by atoms with E-state index >= 15 is 0 Å². The molecular formula is C12H11Cl2N3O. The highest BCUT2D eigenvalue weighted by molar-refractivity contribution is 6.33. The Morgan fingerprint density at radius 2 is 2.00 bits per heavy atom. The Morgan fingerprint density at radius 1 is 1.28 bits per heavy atom. The summed E-state index contributed by atoms with van der Waals surface area (Å²) in [5.41, 5.74) is 1.48. The summed E-state index contributed by atoms with van der Waals surface area (Å²) in [5.74, 6) is 0.407. The van der Waals surface area contributed by atoms with Crippen molar-refractivity contribution < 1.29 is 5.11 Å². The molecule has 1 aromatic carbocycles. The molecule has 0 saturated heterocycles. The average molecular weight is 284 g/mol. The predicted molar refractivity (Wildman–Crippen MR) is 72.4 cm³/mol. The fourth-order valence-electron chi connectivity index (χ4n) is 1.54. The molecule has 6 heteroatoms. The summed E-state index contributed by atoms with van der Waals surface area (Å²) in [6, 6.07) is 7.35. The molecule has 4 nitrogen and oxygen atoms in total. The van der Waals surface area contributed by atoms with Crippen LogP contribution in [-0.4, -0.2) is 15.1 Å². The van der Waals surface area contributed by atoms with Crippen LogP contribution in [0.2, 0.25) is 10.3 Å². The van der Waals surface area contributed by atoms with Crippen molar-refractivity contribution in [3.63, 3.8) is 0 Å². The van der Waals surface area contributed by atoms with Crippen LogP contribution in [0.3, 0.4) is 0 Å². The number of para-hydroxylation sites is 1. The highest BCUT2D eigenvalue weighted by atomic mass is 35.5. The highest BCUT2D eigenvalue weighted by Crippen LogP contribution is 2.28. The number of nitrogens with zero attached hydrogens (tertiary/aromatic N) is 2. The van der Waals surface area contributed by atoms with Crippen molar-refractivity contribution in [1.82, 2.24) is 9.97 Å². The summed E-state index contributed by atoms with van der Waals surface area (Å²) in [7, 11) is 0. The van der Waals surface area contributed by atoms with E-state index in [0.717, 1.165) is 11.3 Å². The predicted octanol–water partition coefficient (Wildman–Crippen LogP) is 3.58. The number of aliphatic hydroxyl groups is 1. The van der Waals surface area contributed by atoms with Crippen molar-refractivity contribution in [2.45, 2.75) is 13.0 Å². The number of benzene rings is 1. The second-order valence-electron chi connectivity index (χ2n) is 3.72. The summed E-state index contributed by atoms with van der Waals surface area (Å²) in [6.45, 7) is 1.69. The van der Waals surface area contributed by atoms with Crippen molar-refractivity contribution in [3.8, 4) is 0 Å². The van der Waals surface area contributed by atoms with Gasteiger partial charge in [0.05, 0.1) is 12.3 Å². The molecule has 18 heavy (non-hydrogen) atoms. The molecular weight excluding hydrogens is 273 g/mol. The molecule has 0 spiro atoms. The van der Waals surface area contributed by atoms with Gasteiger partial charge in [0.2, 0.25) is 5.28 Å². The summed E-state index contributed by atoms with van der Waals surface area (Å²) in [5, 5.41) is 13.2. The minimum absolute atomic E-state index is 0.108. The Kier molecular flexibility index (Phi) is 4.01. The number of rotatable bonds is 3. The van der Waals surface area contributed by atoms with Gasteiger partial charge in [-0.05, 0) is 24.6 Å². The van der Waals surface area contributed by atoms with Gasteiger partial charge in [0.1, 0.15) is 5.02 Å². The van der Waals surface area contributed by atoms with E-state index in [1.165, 1.54) is 6.20 Å². The van der Waals surface area contributed by atoms with E-state index in [9.17, 15) is 5.11 Å². The first-order valence-corrected chi connectivity index (χ1v) is 6.05. The molecule has 2 N–H and O–H groups in total. The van der Waals surface area contributed by atoms with Gasteiger partial charge in [-0.1, -0.05) is 29.8 Å². The lowest BCUT2D eigenvalue weighted by Crippen LogP contribution is -2.01. The van der Waals surface area contributed by atoms with E-state index < -0.39 is 6.10 Å². The molecule has 0 aliphatic carbocycles. The van der Waals surface area contributed by atoms with Gasteiger partial charge < -0.3 is 10.4 Å². The zero-order valence-corrected chi connectivity index (χ0v) is 11.1. The lowest BCUT2D eigenvalue weighted by atomic mass is 10.1. The first-order valence-electron chi connectivity index (χ1n) is 5.30. The Balaban J connectivity index is 2.37. The number of hydrogen-bond acceptors (Lipinski definition) is 4. The fourth-order valence-corrected chi connectivity index (χ4v) is 1.81. The third-order valence-electron chi connectivity index (χ3n) is 2.38. The number of halogens is 2. The van der Waals surface area contributed by atoms with Crippen LogP contribution in [0.5, 0.6) is 0 Å². The smallest absolute Gasteiger partial charge is 0.224 e. The average Bonchev–Trinajstić information content (AvgIpc) is 2.34. The summed E-state index contributed by atoms with van der Waals surface area (Å²) < 4.78 is 0. The van der Waals surface area contributed by atoms with E-state index in [2.05, 4.69) is 15.3 Å². The Labute approximate surface area is 115 Å². The maximum Gasteiger partial charge on any atom is 0.224 e. The number of hydrogen-bond donors (Lipinski definition) is 2. The van der Waals surface area contributed by atoms with Crippen LogP contribution >= 0.6 is 23.2 Å². The third-order valence-corrected chi connectivity index (χ3v) is 2.84. The van der Waals surface area contributed by atoms with E-state index in [1.54, 1.807) is 6.92 Å². The lowest BCUT2D eigenvalue weighted by Gasteiger charge is -2.13. The van der Waals surface area contributed by atoms with Gasteiger partial charge in [0, 0.05) is 11.3 Å². The fraction of sp³-hybridized carbons (Fsp3) is 0.167. The minimum Gasteiger partial charge on any atom is -0.389 e. The van der Waals surface area contributed by atoms with Gasteiger partial charge in [-0.3, -0.25) is 0 Å². The standard InChI is InChI=1S/C12H11Cl2N3O/c1-7(18)8-4-2-3-5-10(8)16-11-9(13)6-15-12(14)17-11/h2-7,18H,1H3,(H,15,16,17). The molecule has 1 heterocycles. The van der Waals surface area contributed by atoms with E-state index in [1.807, 2.05) is 24.3 Å². The second-order valence-corrected chi connectivity index (χ2v) is 4.47. The molecule has 1 atom stereocenters. The van der Waals surface area contributed by atoms with Crippen LogP contribution in [0, 0.1) is 0 Å². The van der Waals surface area contributed by atoms with Crippen LogP contribution in [0.1, 0.15) is 18.6 Å². The van der Waals surface area contributed by atoms with Gasteiger partial charge in [-0.25, -0.2) is 4.98 Å². The zero-order chi connectivity index (χ0) is 13.1. The van der Waals surface area contributed by atoms with E-state index in [0.29, 0.717) is 10.8 Å². The van der Waals surface area contributed by atoms with Crippen LogP contribution in [0.15, 0.2) is 30.5 Å². The number of anilines is 2. The van der Waals surface area contributed by atoms with Gasteiger partial charge in [0.15, 0.2) is 5.82 Å². The molecule has 2 rings (SSSR count). The molecule has 0 amide bonds. The summed E-state index contributed by atoms with van der Waals surface area (Å²) >= 11 is 11.7. The molecule has 0 bridgehead atoms. The first-order chi connectivity index (χ1) is 8.58. The Hall–Kier alpha value is -1.36. The van der Waals surface area contributed by atoms with Crippen LogP contribution in [0.25, 0.3) is 0 Å². The van der Waals surface area contributed by atoms with Crippen LogP contribution < -0.4 is 5.32 Å². The number of nitrogens with one attached hydrogen (secondary N) is 1.